The molecule has 0 fully saturated rings. The first-order valence-corrected chi connectivity index (χ1v) is 23.0. The third-order valence-electron chi connectivity index (χ3n) is 12.0. The van der Waals surface area contributed by atoms with Crippen molar-refractivity contribution >= 4 is 5.91 Å². The van der Waals surface area contributed by atoms with Crippen LogP contribution in [0.5, 0.6) is 11.5 Å². The Labute approximate surface area is 347 Å². The second-order valence-corrected chi connectivity index (χ2v) is 21.5. The fourth-order valence-corrected chi connectivity index (χ4v) is 8.19. The lowest BCUT2D eigenvalue weighted by Gasteiger charge is -2.31. The van der Waals surface area contributed by atoms with Crippen molar-refractivity contribution in [3.05, 3.63) is 57.6 Å². The van der Waals surface area contributed by atoms with E-state index in [1.807, 2.05) is 7.05 Å². The molecule has 56 heavy (non-hydrogen) atoms. The first-order chi connectivity index (χ1) is 26.0. The maximum absolute atomic E-state index is 13.8. The molecule has 0 spiro atoms. The number of phenols is 2. The molecule has 0 saturated carbocycles. The summed E-state index contributed by atoms with van der Waals surface area (Å²) in [5.74, 6) is 1.08. The highest BCUT2D eigenvalue weighted by atomic mass is 16.3. The van der Waals surface area contributed by atoms with E-state index >= 15 is 0 Å². The van der Waals surface area contributed by atoms with Crippen LogP contribution in [0.15, 0.2) is 24.3 Å². The number of nitrogens with zero attached hydrogens (tertiary/aromatic N) is 1. The highest BCUT2D eigenvalue weighted by Gasteiger charge is 2.29. The standard InChI is InChI=1S/C52H89NO3/c1-15-16-17-18-19-20-21-22-23-24-25-26-27-28-29-30-46(54)53(14)41(33-31-39-35-42(49(2,3)4)47(55)43(36-39)50(5,6)7)34-32-40-37-44(51(8,9)10)48(56)45(38-40)52(11,12)13/h35-38,41,55-56H,15-34H2,1-14H3. The molecule has 0 aliphatic carbocycles. The minimum Gasteiger partial charge on any atom is -0.507 e. The van der Waals surface area contributed by atoms with Gasteiger partial charge >= 0.3 is 0 Å². The molecular formula is C52H89NO3. The van der Waals surface area contributed by atoms with Gasteiger partial charge in [-0.25, -0.2) is 0 Å². The lowest BCUT2D eigenvalue weighted by atomic mass is 9.77. The largest absolute Gasteiger partial charge is 0.507 e. The number of rotatable bonds is 23. The normalized spacial score (nSPS) is 12.8. The van der Waals surface area contributed by atoms with E-state index in [0.717, 1.165) is 60.8 Å². The Balaban J connectivity index is 2.14. The molecule has 0 atom stereocenters. The van der Waals surface area contributed by atoms with Crippen LogP contribution in [-0.4, -0.2) is 34.1 Å². The van der Waals surface area contributed by atoms with Crippen molar-refractivity contribution in [2.24, 2.45) is 0 Å². The Morgan fingerprint density at radius 1 is 0.500 bits per heavy atom. The molecule has 0 heterocycles. The minimum atomic E-state index is -0.187. The molecule has 4 nitrogen and oxygen atoms in total. The molecule has 2 aromatic carbocycles. The van der Waals surface area contributed by atoms with Crippen LogP contribution in [0.25, 0.3) is 0 Å². The zero-order valence-corrected chi connectivity index (χ0v) is 39.3. The molecule has 0 aliphatic rings. The van der Waals surface area contributed by atoms with E-state index in [0.29, 0.717) is 17.9 Å². The topological polar surface area (TPSA) is 60.8 Å². The molecule has 1 amide bonds. The lowest BCUT2D eigenvalue weighted by molar-refractivity contribution is -0.132. The van der Waals surface area contributed by atoms with Crippen LogP contribution < -0.4 is 0 Å². The second-order valence-electron chi connectivity index (χ2n) is 21.5. The summed E-state index contributed by atoms with van der Waals surface area (Å²) in [5.41, 5.74) is 5.65. The van der Waals surface area contributed by atoms with Crippen LogP contribution in [0, 0.1) is 0 Å². The molecule has 4 heteroatoms. The number of hydrogen-bond donors (Lipinski definition) is 2. The van der Waals surface area contributed by atoms with E-state index in [1.165, 1.54) is 94.6 Å². The van der Waals surface area contributed by atoms with Gasteiger partial charge in [-0.2, -0.15) is 0 Å². The van der Waals surface area contributed by atoms with E-state index in [4.69, 9.17) is 0 Å². The Morgan fingerprint density at radius 2 is 0.768 bits per heavy atom. The van der Waals surface area contributed by atoms with Crippen molar-refractivity contribution < 1.29 is 15.0 Å². The van der Waals surface area contributed by atoms with Gasteiger partial charge in [0.15, 0.2) is 0 Å². The number of phenolic OH excluding ortho intramolecular Hbond substituents is 2. The third kappa shape index (κ3) is 16.8. The van der Waals surface area contributed by atoms with E-state index in [9.17, 15) is 15.0 Å². The van der Waals surface area contributed by atoms with Gasteiger partial charge in [0, 0.05) is 19.5 Å². The Kier molecular flexibility index (Phi) is 20.0. The number of hydrogen-bond acceptors (Lipinski definition) is 3. The Morgan fingerprint density at radius 3 is 1.04 bits per heavy atom. The quantitative estimate of drug-likeness (QED) is 0.111. The van der Waals surface area contributed by atoms with Crippen molar-refractivity contribution in [2.75, 3.05) is 7.05 Å². The van der Waals surface area contributed by atoms with E-state index in [2.05, 4.69) is 119 Å². The molecule has 0 aromatic heterocycles. The summed E-state index contributed by atoms with van der Waals surface area (Å²) < 4.78 is 0. The van der Waals surface area contributed by atoms with Crippen LogP contribution in [0.3, 0.4) is 0 Å². The zero-order chi connectivity index (χ0) is 42.3. The molecule has 320 valence electrons. The summed E-state index contributed by atoms with van der Waals surface area (Å²) in [4.78, 5) is 15.9. The van der Waals surface area contributed by atoms with Gasteiger partial charge in [0.25, 0.3) is 0 Å². The van der Waals surface area contributed by atoms with Gasteiger partial charge in [0.2, 0.25) is 5.91 Å². The molecule has 0 unspecified atom stereocenters. The zero-order valence-electron chi connectivity index (χ0n) is 39.3. The summed E-state index contributed by atoms with van der Waals surface area (Å²) in [6.45, 7) is 28.3. The fourth-order valence-electron chi connectivity index (χ4n) is 8.19. The van der Waals surface area contributed by atoms with Crippen LogP contribution in [0.1, 0.15) is 239 Å². The van der Waals surface area contributed by atoms with Crippen LogP contribution in [-0.2, 0) is 39.3 Å². The number of amides is 1. The van der Waals surface area contributed by atoms with E-state index in [1.54, 1.807) is 0 Å². The molecule has 0 bridgehead atoms. The van der Waals surface area contributed by atoms with Gasteiger partial charge in [-0.1, -0.05) is 204 Å². The van der Waals surface area contributed by atoms with Crippen LogP contribution in [0.4, 0.5) is 0 Å². The first-order valence-electron chi connectivity index (χ1n) is 23.0. The molecule has 0 aliphatic heterocycles. The van der Waals surface area contributed by atoms with Crippen molar-refractivity contribution in [1.82, 2.24) is 4.90 Å². The smallest absolute Gasteiger partial charge is 0.222 e. The Bertz CT molecular complexity index is 1300. The number of aromatic hydroxyl groups is 2. The second kappa shape index (κ2) is 22.6. The Hall–Kier alpha value is -2.49. The van der Waals surface area contributed by atoms with Gasteiger partial charge in [0.1, 0.15) is 11.5 Å². The van der Waals surface area contributed by atoms with Crippen molar-refractivity contribution in [2.45, 2.75) is 246 Å². The van der Waals surface area contributed by atoms with Crippen molar-refractivity contribution in [1.29, 1.82) is 0 Å². The highest BCUT2D eigenvalue weighted by Crippen LogP contribution is 2.42. The maximum Gasteiger partial charge on any atom is 0.222 e. The van der Waals surface area contributed by atoms with E-state index in [-0.39, 0.29) is 33.6 Å². The van der Waals surface area contributed by atoms with Gasteiger partial charge in [-0.3, -0.25) is 4.79 Å². The number of benzene rings is 2. The predicted molar refractivity (Wildman–Crippen MR) is 244 cm³/mol. The van der Waals surface area contributed by atoms with Crippen LogP contribution >= 0.6 is 0 Å². The monoisotopic (exact) mass is 776 g/mol. The molecule has 0 radical (unpaired) electrons. The van der Waals surface area contributed by atoms with Crippen LogP contribution in [0.2, 0.25) is 0 Å². The number of unbranched alkanes of at least 4 members (excludes halogenated alkanes) is 14. The van der Waals surface area contributed by atoms with E-state index < -0.39 is 0 Å². The van der Waals surface area contributed by atoms with Gasteiger partial charge in [-0.15, -0.1) is 0 Å². The average molecular weight is 776 g/mol. The first kappa shape index (κ1) is 49.7. The van der Waals surface area contributed by atoms with Crippen molar-refractivity contribution in [3.63, 3.8) is 0 Å². The summed E-state index contributed by atoms with van der Waals surface area (Å²) in [5, 5.41) is 22.7. The summed E-state index contributed by atoms with van der Waals surface area (Å²) in [6, 6.07) is 8.87. The fraction of sp³-hybridized carbons (Fsp3) is 0.750. The third-order valence-corrected chi connectivity index (χ3v) is 12.0. The predicted octanol–water partition coefficient (Wildman–Crippen LogP) is 14.9. The highest BCUT2D eigenvalue weighted by molar-refractivity contribution is 5.76. The van der Waals surface area contributed by atoms with Gasteiger partial charge < -0.3 is 15.1 Å². The number of carbonyl (C=O) groups is 1. The molecule has 2 rings (SSSR count). The molecule has 2 N–H and O–H groups in total. The summed E-state index contributed by atoms with van der Waals surface area (Å²) >= 11 is 0. The number of aryl methyl sites for hydroxylation is 2. The molecule has 2 aromatic rings. The number of carbonyl (C=O) groups excluding carboxylic acids is 1. The lowest BCUT2D eigenvalue weighted by Crippen LogP contribution is -2.37. The summed E-state index contributed by atoms with van der Waals surface area (Å²) in [7, 11) is 2.02. The maximum atomic E-state index is 13.8. The SMILES string of the molecule is CCCCCCCCCCCCCCCCCC(=O)N(C)C(CCc1cc(C(C)(C)C)c(O)c(C(C)(C)C)c1)CCc1cc(C(C)(C)C)c(O)c(C(C)(C)C)c1. The summed E-state index contributed by atoms with van der Waals surface area (Å²) in [6.07, 6.45) is 23.8. The molecule has 0 saturated heterocycles. The van der Waals surface area contributed by atoms with Crippen molar-refractivity contribution in [3.8, 4) is 11.5 Å². The molecular weight excluding hydrogens is 687 g/mol. The minimum absolute atomic E-state index is 0.0776. The average Bonchev–Trinajstić information content (AvgIpc) is 3.08. The van der Waals surface area contributed by atoms with Gasteiger partial charge in [-0.05, 0) is 87.1 Å². The van der Waals surface area contributed by atoms with Gasteiger partial charge in [0.05, 0.1) is 0 Å².